The van der Waals surface area contributed by atoms with Crippen LogP contribution < -0.4 is 4.74 Å². The molecular weight excluding hydrogens is 294 g/mol. The molecule has 1 saturated heterocycles. The number of hydrogen-bond donors (Lipinski definition) is 1. The van der Waals surface area contributed by atoms with Crippen molar-refractivity contribution in [2.45, 2.75) is 39.0 Å². The smallest absolute Gasteiger partial charge is 0.311 e. The van der Waals surface area contributed by atoms with Gasteiger partial charge in [-0.2, -0.15) is 0 Å². The second-order valence-corrected chi connectivity index (χ2v) is 6.67. The van der Waals surface area contributed by atoms with Gasteiger partial charge in [0, 0.05) is 19.5 Å². The molecule has 1 fully saturated rings. The van der Waals surface area contributed by atoms with E-state index in [2.05, 4.69) is 0 Å². The number of ether oxygens (including phenoxy) is 1. The number of likely N-dealkylation sites (tertiary alicyclic amines) is 1. The van der Waals surface area contributed by atoms with Crippen molar-refractivity contribution in [3.05, 3.63) is 29.8 Å². The lowest BCUT2D eigenvalue weighted by Gasteiger charge is -2.38. The van der Waals surface area contributed by atoms with Crippen LogP contribution in [-0.2, 0) is 9.59 Å². The SMILES string of the molecule is COc1cccc(C(C)CC(=O)N2CCCC(C)(C(=O)O)C2)c1. The molecule has 2 rings (SSSR count). The number of methoxy groups -OCH3 is 1. The third kappa shape index (κ3) is 4.03. The van der Waals surface area contributed by atoms with Crippen molar-refractivity contribution in [3.8, 4) is 5.75 Å². The van der Waals surface area contributed by atoms with E-state index in [9.17, 15) is 14.7 Å². The average molecular weight is 319 g/mol. The summed E-state index contributed by atoms with van der Waals surface area (Å²) in [5.41, 5.74) is 0.225. The van der Waals surface area contributed by atoms with E-state index in [0.717, 1.165) is 17.7 Å². The number of carbonyl (C=O) groups is 2. The van der Waals surface area contributed by atoms with Crippen LogP contribution in [0.25, 0.3) is 0 Å². The van der Waals surface area contributed by atoms with Crippen LogP contribution in [0, 0.1) is 5.41 Å². The van der Waals surface area contributed by atoms with E-state index in [1.54, 1.807) is 18.9 Å². The summed E-state index contributed by atoms with van der Waals surface area (Å²) in [5.74, 6) is 0.0390. The van der Waals surface area contributed by atoms with Gasteiger partial charge in [0.25, 0.3) is 0 Å². The first-order valence-corrected chi connectivity index (χ1v) is 8.01. The Bertz CT molecular complexity index is 586. The summed E-state index contributed by atoms with van der Waals surface area (Å²) in [6.45, 7) is 4.67. The zero-order valence-corrected chi connectivity index (χ0v) is 14.0. The number of rotatable bonds is 5. The quantitative estimate of drug-likeness (QED) is 0.906. The molecule has 23 heavy (non-hydrogen) atoms. The minimum Gasteiger partial charge on any atom is -0.497 e. The first-order valence-electron chi connectivity index (χ1n) is 8.01. The summed E-state index contributed by atoms with van der Waals surface area (Å²) in [5, 5.41) is 9.36. The van der Waals surface area contributed by atoms with E-state index in [1.165, 1.54) is 0 Å². The normalized spacial score (nSPS) is 22.5. The van der Waals surface area contributed by atoms with Gasteiger partial charge in [-0.3, -0.25) is 9.59 Å². The Morgan fingerprint density at radius 1 is 1.43 bits per heavy atom. The van der Waals surface area contributed by atoms with E-state index in [0.29, 0.717) is 25.9 Å². The van der Waals surface area contributed by atoms with Gasteiger partial charge in [-0.15, -0.1) is 0 Å². The van der Waals surface area contributed by atoms with Crippen LogP contribution in [0.15, 0.2) is 24.3 Å². The van der Waals surface area contributed by atoms with Gasteiger partial charge < -0.3 is 14.7 Å². The summed E-state index contributed by atoms with van der Waals surface area (Å²) >= 11 is 0. The molecule has 0 saturated carbocycles. The summed E-state index contributed by atoms with van der Waals surface area (Å²) in [4.78, 5) is 25.7. The minimum absolute atomic E-state index is 0.0208. The van der Waals surface area contributed by atoms with Crippen molar-refractivity contribution in [3.63, 3.8) is 0 Å². The largest absolute Gasteiger partial charge is 0.497 e. The third-order valence-corrected chi connectivity index (χ3v) is 4.71. The molecule has 126 valence electrons. The molecule has 1 aromatic rings. The van der Waals surface area contributed by atoms with E-state index in [4.69, 9.17) is 4.74 Å². The van der Waals surface area contributed by atoms with E-state index in [1.807, 2.05) is 31.2 Å². The molecular formula is C18H25NO4. The molecule has 0 aromatic heterocycles. The lowest BCUT2D eigenvalue weighted by molar-refractivity contribution is -0.153. The number of carboxylic acids is 1. The summed E-state index contributed by atoms with van der Waals surface area (Å²) in [6, 6.07) is 7.71. The molecule has 1 heterocycles. The summed E-state index contributed by atoms with van der Waals surface area (Å²) in [7, 11) is 1.62. The highest BCUT2D eigenvalue weighted by atomic mass is 16.5. The van der Waals surface area contributed by atoms with Crippen LogP contribution in [0.3, 0.4) is 0 Å². The summed E-state index contributed by atoms with van der Waals surface area (Å²) in [6.07, 6.45) is 1.74. The van der Waals surface area contributed by atoms with Gasteiger partial charge in [0.2, 0.25) is 5.91 Å². The summed E-state index contributed by atoms with van der Waals surface area (Å²) < 4.78 is 5.22. The lowest BCUT2D eigenvalue weighted by atomic mass is 9.81. The molecule has 1 aromatic carbocycles. The Hall–Kier alpha value is -2.04. The van der Waals surface area contributed by atoms with Gasteiger partial charge >= 0.3 is 5.97 Å². The number of carboxylic acid groups (broad SMARTS) is 1. The molecule has 1 N–H and O–H groups in total. The van der Waals surface area contributed by atoms with Crippen LogP contribution in [0.5, 0.6) is 5.75 Å². The highest BCUT2D eigenvalue weighted by Gasteiger charge is 2.39. The van der Waals surface area contributed by atoms with E-state index < -0.39 is 11.4 Å². The van der Waals surface area contributed by atoms with Gasteiger partial charge in [0.05, 0.1) is 12.5 Å². The van der Waals surface area contributed by atoms with Crippen molar-refractivity contribution in [2.24, 2.45) is 5.41 Å². The third-order valence-electron chi connectivity index (χ3n) is 4.71. The Kier molecular flexibility index (Phi) is 5.29. The molecule has 1 aliphatic rings. The second-order valence-electron chi connectivity index (χ2n) is 6.67. The van der Waals surface area contributed by atoms with Crippen molar-refractivity contribution >= 4 is 11.9 Å². The monoisotopic (exact) mass is 319 g/mol. The molecule has 5 heteroatoms. The standard InChI is InChI=1S/C18H25NO4/c1-13(14-6-4-7-15(11-14)23-3)10-16(20)19-9-5-8-18(2,12-19)17(21)22/h4,6-7,11,13H,5,8-10,12H2,1-3H3,(H,21,22). The van der Waals surface area contributed by atoms with Gasteiger partial charge in [-0.05, 0) is 43.4 Å². The van der Waals surface area contributed by atoms with Gasteiger partial charge in [0.15, 0.2) is 0 Å². The predicted molar refractivity (Wildman–Crippen MR) is 87.6 cm³/mol. The molecule has 1 aliphatic heterocycles. The van der Waals surface area contributed by atoms with Crippen LogP contribution >= 0.6 is 0 Å². The van der Waals surface area contributed by atoms with Gasteiger partial charge in [0.1, 0.15) is 5.75 Å². The molecule has 0 bridgehead atoms. The number of piperidine rings is 1. The Labute approximate surface area is 137 Å². The fourth-order valence-electron chi connectivity index (χ4n) is 3.08. The maximum absolute atomic E-state index is 12.5. The average Bonchev–Trinajstić information content (AvgIpc) is 2.54. The van der Waals surface area contributed by atoms with Crippen molar-refractivity contribution in [2.75, 3.05) is 20.2 Å². The molecule has 0 aliphatic carbocycles. The number of benzene rings is 1. The molecule has 0 radical (unpaired) electrons. The van der Waals surface area contributed by atoms with Gasteiger partial charge in [-0.1, -0.05) is 19.1 Å². The first-order chi connectivity index (χ1) is 10.9. The van der Waals surface area contributed by atoms with Crippen LogP contribution in [-0.4, -0.2) is 42.1 Å². The van der Waals surface area contributed by atoms with Crippen LogP contribution in [0.4, 0.5) is 0 Å². The molecule has 1 amide bonds. The molecule has 5 nitrogen and oxygen atoms in total. The zero-order valence-electron chi connectivity index (χ0n) is 14.0. The first kappa shape index (κ1) is 17.3. The van der Waals surface area contributed by atoms with E-state index >= 15 is 0 Å². The molecule has 0 spiro atoms. The van der Waals surface area contributed by atoms with Crippen molar-refractivity contribution < 1.29 is 19.4 Å². The van der Waals surface area contributed by atoms with Crippen molar-refractivity contribution in [1.29, 1.82) is 0 Å². The Morgan fingerprint density at radius 3 is 2.83 bits per heavy atom. The van der Waals surface area contributed by atoms with Gasteiger partial charge in [-0.25, -0.2) is 0 Å². The maximum atomic E-state index is 12.5. The lowest BCUT2D eigenvalue weighted by Crippen LogP contribution is -2.48. The second kappa shape index (κ2) is 7.02. The fraction of sp³-hybridized carbons (Fsp3) is 0.556. The molecule has 2 unspecified atom stereocenters. The minimum atomic E-state index is -0.826. The fourth-order valence-corrected chi connectivity index (χ4v) is 3.08. The topological polar surface area (TPSA) is 66.8 Å². The Morgan fingerprint density at radius 2 is 2.17 bits per heavy atom. The zero-order chi connectivity index (χ0) is 17.0. The van der Waals surface area contributed by atoms with Crippen LogP contribution in [0.1, 0.15) is 44.6 Å². The number of aliphatic carboxylic acids is 1. The van der Waals surface area contributed by atoms with Crippen molar-refractivity contribution in [1.82, 2.24) is 4.90 Å². The predicted octanol–water partition coefficient (Wildman–Crippen LogP) is 2.90. The number of carbonyl (C=O) groups excluding carboxylic acids is 1. The maximum Gasteiger partial charge on any atom is 0.311 e. The highest BCUT2D eigenvalue weighted by molar-refractivity contribution is 5.80. The Balaban J connectivity index is 2.02. The number of hydrogen-bond acceptors (Lipinski definition) is 3. The molecule has 2 atom stereocenters. The number of amides is 1. The highest BCUT2D eigenvalue weighted by Crippen LogP contribution is 2.31. The van der Waals surface area contributed by atoms with Crippen LogP contribution in [0.2, 0.25) is 0 Å². The van der Waals surface area contributed by atoms with E-state index in [-0.39, 0.29) is 11.8 Å². The number of nitrogens with zero attached hydrogens (tertiary/aromatic N) is 1.